The number of amides is 2. The molecule has 1 heterocycles. The Morgan fingerprint density at radius 1 is 1.10 bits per heavy atom. The first-order valence-corrected chi connectivity index (χ1v) is 5.56. The van der Waals surface area contributed by atoms with E-state index in [2.05, 4.69) is 10.3 Å². The lowest BCUT2D eigenvalue weighted by atomic mass is 10.1. The van der Waals surface area contributed by atoms with Gasteiger partial charge in [0.1, 0.15) is 0 Å². The second-order valence-electron chi connectivity index (χ2n) is 4.00. The lowest BCUT2D eigenvalue weighted by Gasteiger charge is -2.07. The van der Waals surface area contributed by atoms with Gasteiger partial charge in [0.05, 0.1) is 11.3 Å². The van der Waals surface area contributed by atoms with Crippen LogP contribution in [0.2, 0.25) is 0 Å². The number of halogens is 3. The molecule has 0 saturated heterocycles. The fraction of sp³-hybridized carbons (Fsp3) is 0.0769. The van der Waals surface area contributed by atoms with Crippen LogP contribution in [0.3, 0.4) is 0 Å². The largest absolute Gasteiger partial charge is 0.417 e. The summed E-state index contributed by atoms with van der Waals surface area (Å²) in [6.45, 7) is 0. The molecule has 1 aromatic carbocycles. The topological polar surface area (TPSA) is 68.0 Å². The number of benzene rings is 1. The van der Waals surface area contributed by atoms with E-state index in [0.717, 1.165) is 12.3 Å². The highest BCUT2D eigenvalue weighted by atomic mass is 19.4. The van der Waals surface area contributed by atoms with Crippen molar-refractivity contribution in [1.29, 1.82) is 0 Å². The van der Waals surface area contributed by atoms with Gasteiger partial charge in [-0.15, -0.1) is 0 Å². The Balaban J connectivity index is 2.21. The number of carbonyl (C=O) groups is 1. The predicted molar refractivity (Wildman–Crippen MR) is 67.9 cm³/mol. The third kappa shape index (κ3) is 3.25. The molecule has 2 rings (SSSR count). The summed E-state index contributed by atoms with van der Waals surface area (Å²) in [4.78, 5) is 14.4. The summed E-state index contributed by atoms with van der Waals surface area (Å²) in [5.74, 6) is 0. The number of alkyl halides is 3. The molecule has 2 amide bonds. The van der Waals surface area contributed by atoms with Crippen LogP contribution in [0.25, 0.3) is 11.3 Å². The van der Waals surface area contributed by atoms with Crippen molar-refractivity contribution in [1.82, 2.24) is 4.98 Å². The molecule has 0 aliphatic rings. The minimum Gasteiger partial charge on any atom is -0.351 e. The van der Waals surface area contributed by atoms with Crippen LogP contribution in [0.5, 0.6) is 0 Å². The third-order valence-corrected chi connectivity index (χ3v) is 2.54. The van der Waals surface area contributed by atoms with Crippen LogP contribution in [-0.2, 0) is 6.18 Å². The number of carbonyl (C=O) groups excluding carboxylic acids is 1. The van der Waals surface area contributed by atoms with E-state index in [9.17, 15) is 18.0 Å². The van der Waals surface area contributed by atoms with Crippen molar-refractivity contribution < 1.29 is 18.0 Å². The van der Waals surface area contributed by atoms with Gasteiger partial charge in [-0.1, -0.05) is 12.1 Å². The van der Waals surface area contributed by atoms with Gasteiger partial charge in [0.2, 0.25) is 0 Å². The zero-order valence-corrected chi connectivity index (χ0v) is 10.1. The maximum Gasteiger partial charge on any atom is 0.417 e. The summed E-state index contributed by atoms with van der Waals surface area (Å²) in [5, 5.41) is 2.38. The quantitative estimate of drug-likeness (QED) is 0.887. The number of primary amides is 1. The average Bonchev–Trinajstić information content (AvgIpc) is 2.38. The zero-order chi connectivity index (χ0) is 14.8. The third-order valence-electron chi connectivity index (χ3n) is 2.54. The fourth-order valence-electron chi connectivity index (χ4n) is 1.60. The van der Waals surface area contributed by atoms with Gasteiger partial charge in [0.15, 0.2) is 0 Å². The molecule has 0 aliphatic carbocycles. The van der Waals surface area contributed by atoms with Gasteiger partial charge in [-0.3, -0.25) is 4.98 Å². The molecule has 0 atom stereocenters. The maximum absolute atomic E-state index is 12.4. The van der Waals surface area contributed by atoms with Crippen molar-refractivity contribution in [2.45, 2.75) is 6.18 Å². The number of aromatic nitrogens is 1. The van der Waals surface area contributed by atoms with Gasteiger partial charge in [-0.25, -0.2) is 4.79 Å². The van der Waals surface area contributed by atoms with Crippen LogP contribution in [0, 0.1) is 0 Å². The second-order valence-corrected chi connectivity index (χ2v) is 4.00. The molecule has 0 unspecified atom stereocenters. The van der Waals surface area contributed by atoms with Gasteiger partial charge in [-0.05, 0) is 24.3 Å². The molecule has 0 bridgehead atoms. The highest BCUT2D eigenvalue weighted by molar-refractivity contribution is 5.88. The Kier molecular flexibility index (Phi) is 3.60. The number of nitrogens with two attached hydrogens (primary N) is 1. The number of pyridine rings is 1. The summed E-state index contributed by atoms with van der Waals surface area (Å²) in [5.41, 5.74) is 5.70. The Labute approximate surface area is 112 Å². The van der Waals surface area contributed by atoms with E-state index in [1.165, 1.54) is 6.07 Å². The monoisotopic (exact) mass is 281 g/mol. The minimum absolute atomic E-state index is 0.406. The van der Waals surface area contributed by atoms with Crippen LogP contribution in [-0.4, -0.2) is 11.0 Å². The lowest BCUT2D eigenvalue weighted by molar-refractivity contribution is -0.137. The van der Waals surface area contributed by atoms with E-state index in [4.69, 9.17) is 5.73 Å². The van der Waals surface area contributed by atoms with Gasteiger partial charge in [0.25, 0.3) is 0 Å². The van der Waals surface area contributed by atoms with Crippen LogP contribution < -0.4 is 11.1 Å². The average molecular weight is 281 g/mol. The second kappa shape index (κ2) is 5.20. The first kappa shape index (κ1) is 13.9. The lowest BCUT2D eigenvalue weighted by Crippen LogP contribution is -2.19. The Morgan fingerprint density at radius 3 is 2.20 bits per heavy atom. The number of anilines is 1. The van der Waals surface area contributed by atoms with Gasteiger partial charge >= 0.3 is 12.2 Å². The molecule has 2 aromatic rings. The number of rotatable bonds is 2. The predicted octanol–water partition coefficient (Wildman–Crippen LogP) is 3.26. The fourth-order valence-corrected chi connectivity index (χ4v) is 1.60. The highest BCUT2D eigenvalue weighted by Crippen LogP contribution is 2.29. The van der Waals surface area contributed by atoms with Gasteiger partial charge < -0.3 is 11.1 Å². The number of hydrogen-bond donors (Lipinski definition) is 2. The van der Waals surface area contributed by atoms with Crippen molar-refractivity contribution in [2.24, 2.45) is 5.73 Å². The van der Waals surface area contributed by atoms with E-state index in [0.29, 0.717) is 16.9 Å². The van der Waals surface area contributed by atoms with Gasteiger partial charge in [-0.2, -0.15) is 13.2 Å². The number of hydrogen-bond acceptors (Lipinski definition) is 2. The first-order chi connectivity index (χ1) is 9.36. The van der Waals surface area contributed by atoms with Crippen LogP contribution in [0.1, 0.15) is 5.56 Å². The first-order valence-electron chi connectivity index (χ1n) is 5.56. The summed E-state index contributed by atoms with van der Waals surface area (Å²) in [6, 6.07) is 7.99. The number of urea groups is 1. The van der Waals surface area contributed by atoms with Crippen molar-refractivity contribution >= 4 is 11.7 Å². The summed E-state index contributed by atoms with van der Waals surface area (Å²) in [6.07, 6.45) is -3.62. The number of nitrogens with zero attached hydrogens (tertiary/aromatic N) is 1. The summed E-state index contributed by atoms with van der Waals surface area (Å²) < 4.78 is 37.2. The Hall–Kier alpha value is -2.57. The highest BCUT2D eigenvalue weighted by Gasteiger charge is 2.30. The summed E-state index contributed by atoms with van der Waals surface area (Å²) in [7, 11) is 0. The molecular weight excluding hydrogens is 271 g/mol. The molecule has 0 aliphatic heterocycles. The molecule has 1 aromatic heterocycles. The Morgan fingerprint density at radius 2 is 1.75 bits per heavy atom. The SMILES string of the molecule is NC(=O)Nc1ccc(-c2ccc(C(F)(F)F)cn2)cc1. The summed E-state index contributed by atoms with van der Waals surface area (Å²) >= 11 is 0. The van der Waals surface area contributed by atoms with Gasteiger partial charge in [0, 0.05) is 17.4 Å². The molecule has 0 saturated carbocycles. The van der Waals surface area contributed by atoms with Crippen molar-refractivity contribution in [2.75, 3.05) is 5.32 Å². The normalized spacial score (nSPS) is 11.2. The smallest absolute Gasteiger partial charge is 0.351 e. The van der Waals surface area contributed by atoms with Crippen LogP contribution >= 0.6 is 0 Å². The molecule has 0 spiro atoms. The van der Waals surface area contributed by atoms with Crippen molar-refractivity contribution in [3.05, 3.63) is 48.2 Å². The number of nitrogens with one attached hydrogen (secondary N) is 1. The van der Waals surface area contributed by atoms with Crippen LogP contribution in [0.4, 0.5) is 23.7 Å². The minimum atomic E-state index is -4.40. The van der Waals surface area contributed by atoms with E-state index in [-0.39, 0.29) is 0 Å². The van der Waals surface area contributed by atoms with E-state index < -0.39 is 17.8 Å². The van der Waals surface area contributed by atoms with Crippen molar-refractivity contribution in [3.8, 4) is 11.3 Å². The molecule has 104 valence electrons. The molecule has 0 fully saturated rings. The van der Waals surface area contributed by atoms with Crippen LogP contribution in [0.15, 0.2) is 42.6 Å². The van der Waals surface area contributed by atoms with E-state index >= 15 is 0 Å². The molecule has 20 heavy (non-hydrogen) atoms. The van der Waals surface area contributed by atoms with E-state index in [1.807, 2.05) is 0 Å². The maximum atomic E-state index is 12.4. The molecule has 0 radical (unpaired) electrons. The van der Waals surface area contributed by atoms with E-state index in [1.54, 1.807) is 24.3 Å². The standard InChI is InChI=1S/C13H10F3N3O/c14-13(15,16)9-3-6-11(18-7-9)8-1-4-10(5-2-8)19-12(17)20/h1-7H,(H3,17,19,20). The molecular formula is C13H10F3N3O. The Bertz CT molecular complexity index is 606. The van der Waals surface area contributed by atoms with Crippen molar-refractivity contribution in [3.63, 3.8) is 0 Å². The molecule has 4 nitrogen and oxygen atoms in total. The molecule has 3 N–H and O–H groups in total. The molecule has 7 heteroatoms. The zero-order valence-electron chi connectivity index (χ0n) is 10.1.